The fraction of sp³-hybridized carbons (Fsp3) is 0.381. The SMILES string of the molecule is COC(=O)C(Br)Cc1ccc(OCC(OC(C)=O)c2cc(C)cc(C)n2)cc1. The van der Waals surface area contributed by atoms with Crippen LogP contribution in [0.2, 0.25) is 0 Å². The summed E-state index contributed by atoms with van der Waals surface area (Å²) in [6.07, 6.45) is -0.0859. The second-order valence-electron chi connectivity index (χ2n) is 6.46. The van der Waals surface area contributed by atoms with E-state index in [0.29, 0.717) is 17.9 Å². The molecule has 0 aliphatic carbocycles. The van der Waals surface area contributed by atoms with Crippen molar-refractivity contribution in [2.75, 3.05) is 13.7 Å². The van der Waals surface area contributed by atoms with Crippen molar-refractivity contribution in [1.29, 1.82) is 0 Å². The van der Waals surface area contributed by atoms with E-state index in [2.05, 4.69) is 20.9 Å². The molecule has 1 aromatic carbocycles. The molecule has 2 aromatic rings. The third-order valence-electron chi connectivity index (χ3n) is 3.95. The fourth-order valence-electron chi connectivity index (χ4n) is 2.73. The van der Waals surface area contributed by atoms with Crippen molar-refractivity contribution < 1.29 is 23.8 Å². The minimum absolute atomic E-state index is 0.151. The maximum atomic E-state index is 11.5. The summed E-state index contributed by atoms with van der Waals surface area (Å²) in [4.78, 5) is 27.0. The number of carbonyl (C=O) groups excluding carboxylic acids is 2. The number of pyridine rings is 1. The number of aryl methyl sites for hydroxylation is 2. The highest BCUT2D eigenvalue weighted by Gasteiger charge is 2.19. The predicted molar refractivity (Wildman–Crippen MR) is 109 cm³/mol. The molecule has 150 valence electrons. The first-order valence-electron chi connectivity index (χ1n) is 8.84. The minimum atomic E-state index is -0.595. The van der Waals surface area contributed by atoms with Gasteiger partial charge in [-0.05, 0) is 55.7 Å². The average Bonchev–Trinajstić information content (AvgIpc) is 2.64. The molecule has 1 heterocycles. The van der Waals surface area contributed by atoms with Gasteiger partial charge in [0.1, 0.15) is 17.2 Å². The fourth-order valence-corrected chi connectivity index (χ4v) is 3.29. The van der Waals surface area contributed by atoms with Gasteiger partial charge in [-0.3, -0.25) is 14.6 Å². The maximum Gasteiger partial charge on any atom is 0.319 e. The van der Waals surface area contributed by atoms with Crippen LogP contribution in [0.4, 0.5) is 0 Å². The van der Waals surface area contributed by atoms with E-state index >= 15 is 0 Å². The Morgan fingerprint density at radius 2 is 1.82 bits per heavy atom. The van der Waals surface area contributed by atoms with Crippen LogP contribution in [0, 0.1) is 13.8 Å². The standard InChI is InChI=1S/C21H24BrNO5/c1-13-9-14(2)23-19(10-13)20(28-15(3)24)12-27-17-7-5-16(6-8-17)11-18(22)21(25)26-4/h5-10,18,20H,11-12H2,1-4H3. The highest BCUT2D eigenvalue weighted by molar-refractivity contribution is 9.10. The van der Waals surface area contributed by atoms with Crippen LogP contribution in [0.15, 0.2) is 36.4 Å². The molecule has 0 saturated heterocycles. The van der Waals surface area contributed by atoms with Crippen molar-refractivity contribution in [1.82, 2.24) is 4.98 Å². The molecule has 2 rings (SSSR count). The molecule has 0 aliphatic heterocycles. The van der Waals surface area contributed by atoms with Crippen molar-refractivity contribution in [2.45, 2.75) is 38.1 Å². The average molecular weight is 450 g/mol. The highest BCUT2D eigenvalue weighted by atomic mass is 79.9. The van der Waals surface area contributed by atoms with Gasteiger partial charge in [0.15, 0.2) is 6.10 Å². The number of methoxy groups -OCH3 is 1. The molecule has 0 aliphatic rings. The normalized spacial score (nSPS) is 12.8. The first kappa shape index (κ1) is 21.9. The lowest BCUT2D eigenvalue weighted by Crippen LogP contribution is -2.18. The molecule has 7 heteroatoms. The Hall–Kier alpha value is -2.41. The van der Waals surface area contributed by atoms with Crippen molar-refractivity contribution in [3.63, 3.8) is 0 Å². The number of nitrogens with zero attached hydrogens (tertiary/aromatic N) is 1. The Morgan fingerprint density at radius 3 is 2.39 bits per heavy atom. The molecule has 6 nitrogen and oxygen atoms in total. The number of benzene rings is 1. The van der Waals surface area contributed by atoms with Crippen molar-refractivity contribution >= 4 is 27.9 Å². The van der Waals surface area contributed by atoms with Gasteiger partial charge in [-0.15, -0.1) is 0 Å². The Balaban J connectivity index is 2.04. The van der Waals surface area contributed by atoms with E-state index in [9.17, 15) is 9.59 Å². The summed E-state index contributed by atoms with van der Waals surface area (Å²) in [6.45, 7) is 5.38. The predicted octanol–water partition coefficient (Wildman–Crippen LogP) is 3.86. The van der Waals surface area contributed by atoms with Gasteiger partial charge in [-0.1, -0.05) is 28.1 Å². The zero-order valence-corrected chi connectivity index (χ0v) is 18.0. The highest BCUT2D eigenvalue weighted by Crippen LogP contribution is 2.21. The van der Waals surface area contributed by atoms with E-state index in [4.69, 9.17) is 14.2 Å². The maximum absolute atomic E-state index is 11.5. The zero-order valence-electron chi connectivity index (χ0n) is 16.4. The summed E-state index contributed by atoms with van der Waals surface area (Å²) in [5.41, 5.74) is 3.52. The number of rotatable bonds is 8. The molecule has 2 unspecified atom stereocenters. The molecule has 0 N–H and O–H groups in total. The van der Waals surface area contributed by atoms with Crippen molar-refractivity contribution in [3.8, 4) is 5.75 Å². The third-order valence-corrected chi connectivity index (χ3v) is 4.65. The second-order valence-corrected chi connectivity index (χ2v) is 7.56. The summed E-state index contributed by atoms with van der Waals surface area (Å²) in [6, 6.07) is 11.2. The van der Waals surface area contributed by atoms with Gasteiger partial charge in [0.25, 0.3) is 0 Å². The number of alkyl halides is 1. The molecule has 0 spiro atoms. The molecule has 0 radical (unpaired) electrons. The van der Waals surface area contributed by atoms with Crippen molar-refractivity contribution in [3.05, 3.63) is 58.9 Å². The molecule has 0 amide bonds. The number of hydrogen-bond donors (Lipinski definition) is 0. The summed E-state index contributed by atoms with van der Waals surface area (Å²) in [5.74, 6) is -0.0731. The Morgan fingerprint density at radius 1 is 1.14 bits per heavy atom. The van der Waals surface area contributed by atoms with E-state index in [0.717, 1.165) is 16.8 Å². The number of halogens is 1. The summed E-state index contributed by atoms with van der Waals surface area (Å²) >= 11 is 3.31. The zero-order chi connectivity index (χ0) is 20.7. The largest absolute Gasteiger partial charge is 0.489 e. The lowest BCUT2D eigenvalue weighted by atomic mass is 10.1. The Labute approximate surface area is 173 Å². The molecule has 1 aromatic heterocycles. The molecule has 0 bridgehead atoms. The summed E-state index contributed by atoms with van der Waals surface area (Å²) in [7, 11) is 1.36. The van der Waals surface area contributed by atoms with Gasteiger partial charge in [0, 0.05) is 12.6 Å². The molecule has 2 atom stereocenters. The summed E-state index contributed by atoms with van der Waals surface area (Å²) < 4.78 is 15.9. The van der Waals surface area contributed by atoms with Gasteiger partial charge in [-0.2, -0.15) is 0 Å². The first-order valence-corrected chi connectivity index (χ1v) is 9.76. The topological polar surface area (TPSA) is 74.7 Å². The smallest absolute Gasteiger partial charge is 0.319 e. The van der Waals surface area contributed by atoms with Crippen LogP contribution in [0.25, 0.3) is 0 Å². The van der Waals surface area contributed by atoms with E-state index in [1.807, 2.05) is 50.2 Å². The quantitative estimate of drug-likeness (QED) is 0.449. The number of hydrogen-bond acceptors (Lipinski definition) is 6. The van der Waals surface area contributed by atoms with Gasteiger partial charge < -0.3 is 14.2 Å². The lowest BCUT2D eigenvalue weighted by molar-refractivity contribution is -0.148. The molecule has 0 saturated carbocycles. The van der Waals surface area contributed by atoms with Crippen LogP contribution < -0.4 is 4.74 Å². The van der Waals surface area contributed by atoms with E-state index < -0.39 is 16.9 Å². The van der Waals surface area contributed by atoms with E-state index in [1.165, 1.54) is 14.0 Å². The Kier molecular flexibility index (Phi) is 7.99. The molecular weight excluding hydrogens is 426 g/mol. The van der Waals surface area contributed by atoms with Crippen LogP contribution in [0.5, 0.6) is 5.75 Å². The van der Waals surface area contributed by atoms with Crippen LogP contribution in [0.1, 0.15) is 35.5 Å². The van der Waals surface area contributed by atoms with Crippen LogP contribution in [-0.4, -0.2) is 35.5 Å². The van der Waals surface area contributed by atoms with Gasteiger partial charge in [0.05, 0.1) is 12.8 Å². The van der Waals surface area contributed by atoms with E-state index in [-0.39, 0.29) is 12.6 Å². The van der Waals surface area contributed by atoms with Crippen molar-refractivity contribution in [2.24, 2.45) is 0 Å². The van der Waals surface area contributed by atoms with E-state index in [1.54, 1.807) is 0 Å². The summed E-state index contributed by atoms with van der Waals surface area (Å²) in [5, 5.41) is 0. The third kappa shape index (κ3) is 6.64. The number of ether oxygens (including phenoxy) is 3. The molecular formula is C21H24BrNO5. The first-order chi connectivity index (χ1) is 13.3. The minimum Gasteiger partial charge on any atom is -0.489 e. The van der Waals surface area contributed by atoms with Gasteiger partial charge >= 0.3 is 11.9 Å². The van der Waals surface area contributed by atoms with Crippen LogP contribution >= 0.6 is 15.9 Å². The van der Waals surface area contributed by atoms with Crippen LogP contribution in [0.3, 0.4) is 0 Å². The molecule has 0 fully saturated rings. The van der Waals surface area contributed by atoms with Gasteiger partial charge in [0.2, 0.25) is 0 Å². The number of esters is 2. The van der Waals surface area contributed by atoms with Gasteiger partial charge in [-0.25, -0.2) is 0 Å². The second kappa shape index (κ2) is 10.2. The Bertz CT molecular complexity index is 802. The number of aromatic nitrogens is 1. The number of carbonyl (C=O) groups is 2. The van der Waals surface area contributed by atoms with Crippen LogP contribution in [-0.2, 0) is 25.5 Å². The molecule has 28 heavy (non-hydrogen) atoms. The lowest BCUT2D eigenvalue weighted by Gasteiger charge is -2.18. The monoisotopic (exact) mass is 449 g/mol.